The number of nitriles is 1. The van der Waals surface area contributed by atoms with Gasteiger partial charge < -0.3 is 26.6 Å². The minimum atomic E-state index is -1.09. The topological polar surface area (TPSA) is 166 Å². The van der Waals surface area contributed by atoms with Crippen LogP contribution in [0.15, 0.2) is 54.6 Å². The monoisotopic (exact) mass is 450 g/mol. The van der Waals surface area contributed by atoms with Gasteiger partial charge in [0.25, 0.3) is 0 Å². The van der Waals surface area contributed by atoms with E-state index >= 15 is 0 Å². The Morgan fingerprint density at radius 3 is 2.12 bits per heavy atom. The van der Waals surface area contributed by atoms with Crippen molar-refractivity contribution in [3.63, 3.8) is 0 Å². The fourth-order valence-corrected chi connectivity index (χ4v) is 3.03. The summed E-state index contributed by atoms with van der Waals surface area (Å²) in [7, 11) is 0. The molecule has 172 valence electrons. The lowest BCUT2D eigenvalue weighted by Crippen LogP contribution is -2.53. The van der Waals surface area contributed by atoms with E-state index in [0.717, 1.165) is 0 Å². The zero-order valence-corrected chi connectivity index (χ0v) is 18.1. The highest BCUT2D eigenvalue weighted by molar-refractivity contribution is 6.00. The molecule has 0 radical (unpaired) electrons. The molecule has 0 aliphatic rings. The third-order valence-electron chi connectivity index (χ3n) is 4.72. The summed E-state index contributed by atoms with van der Waals surface area (Å²) >= 11 is 0. The maximum Gasteiger partial charge on any atom is 0.243 e. The van der Waals surface area contributed by atoms with Crippen molar-refractivity contribution < 1.29 is 24.6 Å². The maximum absolute atomic E-state index is 12.9. The average Bonchev–Trinajstić information content (AvgIpc) is 2.78. The van der Waals surface area contributed by atoms with Crippen LogP contribution in [0.5, 0.6) is 11.5 Å². The zero-order chi connectivity index (χ0) is 24.4. The van der Waals surface area contributed by atoms with Crippen molar-refractivity contribution in [3.8, 4) is 17.6 Å². The van der Waals surface area contributed by atoms with E-state index in [1.165, 1.54) is 43.3 Å². The molecule has 3 atom stereocenters. The molecule has 0 aromatic heterocycles. The van der Waals surface area contributed by atoms with Crippen molar-refractivity contribution >= 4 is 23.7 Å². The van der Waals surface area contributed by atoms with Gasteiger partial charge >= 0.3 is 0 Å². The van der Waals surface area contributed by atoms with Gasteiger partial charge in [-0.1, -0.05) is 30.3 Å². The minimum absolute atomic E-state index is 0.0656. The Balaban J connectivity index is 2.18. The first-order valence-corrected chi connectivity index (χ1v) is 10.2. The Bertz CT molecular complexity index is 1040. The smallest absolute Gasteiger partial charge is 0.243 e. The number of hydrogen-bond acceptors (Lipinski definition) is 7. The van der Waals surface area contributed by atoms with Crippen molar-refractivity contribution in [2.45, 2.75) is 37.9 Å². The Labute approximate surface area is 191 Å². The van der Waals surface area contributed by atoms with E-state index in [-0.39, 0.29) is 24.3 Å². The number of benzene rings is 2. The number of carbonyl (C=O) groups is 3. The molecule has 0 bridgehead atoms. The van der Waals surface area contributed by atoms with Gasteiger partial charge in [0.2, 0.25) is 11.8 Å². The predicted octanol–water partition coefficient (Wildman–Crippen LogP) is 1.15. The molecule has 2 amide bonds. The minimum Gasteiger partial charge on any atom is -0.508 e. The van der Waals surface area contributed by atoms with Crippen molar-refractivity contribution in [2.24, 2.45) is 5.73 Å². The molecule has 0 saturated carbocycles. The van der Waals surface area contributed by atoms with Gasteiger partial charge in [-0.3, -0.25) is 14.4 Å². The fraction of sp³-hybridized carbons (Fsp3) is 0.250. The molecular weight excluding hydrogens is 424 g/mol. The van der Waals surface area contributed by atoms with Gasteiger partial charge in [-0.25, -0.2) is 0 Å². The van der Waals surface area contributed by atoms with Gasteiger partial charge in [-0.05, 0) is 41.5 Å². The summed E-state index contributed by atoms with van der Waals surface area (Å²) in [6, 6.07) is 11.1. The number of carbonyl (C=O) groups excluding carboxylic acids is 3. The second kappa shape index (κ2) is 12.0. The molecule has 0 spiro atoms. The number of amides is 2. The van der Waals surface area contributed by atoms with E-state index in [9.17, 15) is 24.6 Å². The summed E-state index contributed by atoms with van der Waals surface area (Å²) in [5.74, 6) is -1.37. The lowest BCUT2D eigenvalue weighted by atomic mass is 10.0. The molecule has 6 N–H and O–H groups in total. The Kier molecular flexibility index (Phi) is 9.15. The molecular formula is C24H26N4O5. The van der Waals surface area contributed by atoms with E-state index in [1.807, 2.05) is 6.07 Å². The second-order valence-corrected chi connectivity index (χ2v) is 7.48. The van der Waals surface area contributed by atoms with Crippen molar-refractivity contribution in [1.82, 2.24) is 10.6 Å². The van der Waals surface area contributed by atoms with Crippen LogP contribution in [0, 0.1) is 11.3 Å². The molecule has 2 aromatic carbocycles. The number of nitrogens with two attached hydrogens (primary N) is 1. The molecule has 2 unspecified atom stereocenters. The van der Waals surface area contributed by atoms with Crippen LogP contribution in [-0.2, 0) is 20.8 Å². The van der Waals surface area contributed by atoms with Crippen molar-refractivity contribution in [3.05, 3.63) is 65.7 Å². The van der Waals surface area contributed by atoms with Crippen LogP contribution < -0.4 is 16.4 Å². The highest BCUT2D eigenvalue weighted by atomic mass is 16.3. The van der Waals surface area contributed by atoms with Crippen LogP contribution in [0.4, 0.5) is 0 Å². The summed E-state index contributed by atoms with van der Waals surface area (Å²) in [5.41, 5.74) is 7.03. The van der Waals surface area contributed by atoms with Gasteiger partial charge in [-0.2, -0.15) is 5.26 Å². The maximum atomic E-state index is 12.9. The van der Waals surface area contributed by atoms with Crippen LogP contribution in [-0.4, -0.2) is 45.9 Å². The Morgan fingerprint density at radius 2 is 1.58 bits per heavy atom. The number of hydrogen-bond donors (Lipinski definition) is 5. The van der Waals surface area contributed by atoms with Gasteiger partial charge in [-0.15, -0.1) is 0 Å². The number of nitrogens with zero attached hydrogens (tertiary/aromatic N) is 1. The number of ketones is 1. The number of phenolic OH excluding ortho intramolecular Hbond substituents is 2. The average molecular weight is 450 g/mol. The molecule has 0 aliphatic heterocycles. The Hall–Kier alpha value is -4.16. The number of aromatic hydroxyl groups is 2. The third kappa shape index (κ3) is 8.47. The molecule has 33 heavy (non-hydrogen) atoms. The SMILES string of the molecule is CC(=O)N[C@@H](Cc1ccc(O)cc1)C(=O)NC(CC(N)C#N)C(=O)/C=C/c1ccc(O)cc1. The quantitative estimate of drug-likeness (QED) is 0.339. The summed E-state index contributed by atoms with van der Waals surface area (Å²) in [6.07, 6.45) is 2.78. The lowest BCUT2D eigenvalue weighted by molar-refractivity contribution is -0.130. The standard InChI is InChI=1S/C24H26N4O5/c1-15(29)27-22(12-17-4-9-20(31)10-5-17)24(33)28-21(13-18(26)14-25)23(32)11-6-16-2-7-19(30)8-3-16/h2-11,18,21-22,30-31H,12-13,26H2,1H3,(H,27,29)(H,28,33)/b11-6+/t18?,21?,22-/m0/s1. The van der Waals surface area contributed by atoms with Crippen LogP contribution in [0.1, 0.15) is 24.5 Å². The molecule has 0 fully saturated rings. The fourth-order valence-electron chi connectivity index (χ4n) is 3.03. The molecule has 0 heterocycles. The van der Waals surface area contributed by atoms with Gasteiger partial charge in [0.05, 0.1) is 18.2 Å². The van der Waals surface area contributed by atoms with Gasteiger partial charge in [0.1, 0.15) is 17.5 Å². The summed E-state index contributed by atoms with van der Waals surface area (Å²) < 4.78 is 0. The van der Waals surface area contributed by atoms with E-state index in [1.54, 1.807) is 24.3 Å². The predicted molar refractivity (Wildman–Crippen MR) is 122 cm³/mol. The first-order chi connectivity index (χ1) is 15.7. The second-order valence-electron chi connectivity index (χ2n) is 7.48. The summed E-state index contributed by atoms with van der Waals surface area (Å²) in [4.78, 5) is 37.4. The molecule has 9 nitrogen and oxygen atoms in total. The van der Waals surface area contributed by atoms with Crippen molar-refractivity contribution in [2.75, 3.05) is 0 Å². The highest BCUT2D eigenvalue weighted by Gasteiger charge is 2.27. The van der Waals surface area contributed by atoms with Crippen LogP contribution >= 0.6 is 0 Å². The molecule has 2 rings (SSSR count). The first-order valence-electron chi connectivity index (χ1n) is 10.2. The largest absolute Gasteiger partial charge is 0.508 e. The zero-order valence-electron chi connectivity index (χ0n) is 18.1. The molecule has 2 aromatic rings. The normalized spacial score (nSPS) is 13.5. The van der Waals surface area contributed by atoms with Crippen LogP contribution in [0.2, 0.25) is 0 Å². The molecule has 0 saturated heterocycles. The number of phenols is 2. The summed E-state index contributed by atoms with van der Waals surface area (Å²) in [5, 5.41) is 33.0. The van der Waals surface area contributed by atoms with E-state index in [2.05, 4.69) is 10.6 Å². The summed E-state index contributed by atoms with van der Waals surface area (Å²) in [6.45, 7) is 1.27. The van der Waals surface area contributed by atoms with Crippen LogP contribution in [0.25, 0.3) is 6.08 Å². The number of nitrogens with one attached hydrogen (secondary N) is 2. The molecule has 9 heteroatoms. The van der Waals surface area contributed by atoms with E-state index < -0.39 is 35.7 Å². The first kappa shape index (κ1) is 25.1. The Morgan fingerprint density at radius 1 is 1.00 bits per heavy atom. The van der Waals surface area contributed by atoms with E-state index in [0.29, 0.717) is 11.1 Å². The lowest BCUT2D eigenvalue weighted by Gasteiger charge is -2.22. The highest BCUT2D eigenvalue weighted by Crippen LogP contribution is 2.13. The van der Waals surface area contributed by atoms with E-state index in [4.69, 9.17) is 11.0 Å². The third-order valence-corrected chi connectivity index (χ3v) is 4.72. The van der Waals surface area contributed by atoms with Gasteiger partial charge in [0.15, 0.2) is 5.78 Å². The van der Waals surface area contributed by atoms with Gasteiger partial charge in [0, 0.05) is 19.8 Å². The van der Waals surface area contributed by atoms with Crippen LogP contribution in [0.3, 0.4) is 0 Å². The molecule has 0 aliphatic carbocycles. The van der Waals surface area contributed by atoms with Crippen molar-refractivity contribution in [1.29, 1.82) is 5.26 Å². The number of rotatable bonds is 10.